The van der Waals surface area contributed by atoms with Gasteiger partial charge in [0.15, 0.2) is 0 Å². The van der Waals surface area contributed by atoms with Crippen molar-refractivity contribution in [1.82, 2.24) is 4.90 Å². The minimum Gasteiger partial charge on any atom is -0.481 e. The van der Waals surface area contributed by atoms with Gasteiger partial charge in [0.1, 0.15) is 0 Å². The number of halogens is 1. The second kappa shape index (κ2) is 7.66. The van der Waals surface area contributed by atoms with Gasteiger partial charge in [-0.15, -0.1) is 12.4 Å². The number of likely N-dealkylation sites (tertiary alicyclic amines) is 1. The summed E-state index contributed by atoms with van der Waals surface area (Å²) >= 11 is 0. The van der Waals surface area contributed by atoms with Gasteiger partial charge < -0.3 is 14.9 Å². The van der Waals surface area contributed by atoms with Crippen molar-refractivity contribution in [2.24, 2.45) is 5.92 Å². The maximum Gasteiger partial charge on any atom is 0.308 e. The number of hydrogen-bond donors (Lipinski definition) is 1. The summed E-state index contributed by atoms with van der Waals surface area (Å²) in [7, 11) is 0. The predicted octanol–water partition coefficient (Wildman–Crippen LogP) is 1.71. The third-order valence-electron chi connectivity index (χ3n) is 4.57. The largest absolute Gasteiger partial charge is 0.481 e. The van der Waals surface area contributed by atoms with Crippen LogP contribution in [-0.4, -0.2) is 47.4 Å². The van der Waals surface area contributed by atoms with E-state index in [0.29, 0.717) is 25.9 Å². The number of nitrogens with zero attached hydrogens (tertiary/aromatic N) is 2. The molecule has 2 saturated heterocycles. The number of hydrogen-bond acceptors (Lipinski definition) is 3. The highest BCUT2D eigenvalue weighted by molar-refractivity contribution is 5.95. The first-order valence-electron chi connectivity index (χ1n) is 7.94. The molecule has 0 spiro atoms. The molecule has 1 aromatic carbocycles. The molecule has 0 aromatic heterocycles. The number of rotatable bonds is 4. The van der Waals surface area contributed by atoms with Crippen LogP contribution in [0, 0.1) is 5.92 Å². The monoisotopic (exact) mass is 352 g/mol. The average Bonchev–Trinajstić information content (AvgIpc) is 3.17. The minimum absolute atomic E-state index is 0. The highest BCUT2D eigenvalue weighted by Gasteiger charge is 2.30. The molecule has 24 heavy (non-hydrogen) atoms. The second-order valence-corrected chi connectivity index (χ2v) is 6.16. The Bertz CT molecular complexity index is 632. The molecule has 2 heterocycles. The number of amides is 2. The number of carboxylic acids is 1. The van der Waals surface area contributed by atoms with E-state index in [1.165, 1.54) is 0 Å². The van der Waals surface area contributed by atoms with Crippen LogP contribution < -0.4 is 4.90 Å². The highest BCUT2D eigenvalue weighted by Crippen LogP contribution is 2.22. The molecule has 0 saturated carbocycles. The lowest BCUT2D eigenvalue weighted by Gasteiger charge is -2.17. The van der Waals surface area contributed by atoms with Crippen LogP contribution in [0.4, 0.5) is 5.69 Å². The van der Waals surface area contributed by atoms with Gasteiger partial charge in [0.05, 0.1) is 12.3 Å². The van der Waals surface area contributed by atoms with Gasteiger partial charge in [-0.3, -0.25) is 14.4 Å². The van der Waals surface area contributed by atoms with Gasteiger partial charge in [-0.25, -0.2) is 0 Å². The van der Waals surface area contributed by atoms with E-state index in [1.54, 1.807) is 9.80 Å². The molecule has 2 aliphatic rings. The van der Waals surface area contributed by atoms with E-state index in [-0.39, 0.29) is 30.6 Å². The van der Waals surface area contributed by atoms with Gasteiger partial charge in [0.25, 0.3) is 0 Å². The lowest BCUT2D eigenvalue weighted by atomic mass is 10.1. The Morgan fingerprint density at radius 1 is 1.17 bits per heavy atom. The van der Waals surface area contributed by atoms with Gasteiger partial charge in [-0.05, 0) is 30.5 Å². The van der Waals surface area contributed by atoms with Crippen molar-refractivity contribution in [2.75, 3.05) is 24.5 Å². The summed E-state index contributed by atoms with van der Waals surface area (Å²) in [4.78, 5) is 38.3. The Balaban J connectivity index is 0.00000208. The maximum atomic E-state index is 12.2. The first kappa shape index (κ1) is 18.3. The van der Waals surface area contributed by atoms with Gasteiger partial charge in [0, 0.05) is 31.7 Å². The smallest absolute Gasteiger partial charge is 0.308 e. The fourth-order valence-electron chi connectivity index (χ4n) is 3.19. The summed E-state index contributed by atoms with van der Waals surface area (Å²) in [5, 5.41) is 8.99. The molecule has 1 unspecified atom stereocenters. The van der Waals surface area contributed by atoms with Crippen LogP contribution >= 0.6 is 12.4 Å². The van der Waals surface area contributed by atoms with Crippen molar-refractivity contribution < 1.29 is 19.5 Å². The standard InChI is InChI=1S/C17H20N2O4.ClH/c20-15-2-1-8-19(15)14-5-3-12(4-6-14)10-16(21)18-9-7-13(11-18)17(22)23;/h3-6,13H,1-2,7-11H2,(H,22,23);1H. The minimum atomic E-state index is -0.833. The van der Waals surface area contributed by atoms with Gasteiger partial charge >= 0.3 is 5.97 Å². The fraction of sp³-hybridized carbons (Fsp3) is 0.471. The highest BCUT2D eigenvalue weighted by atomic mass is 35.5. The van der Waals surface area contributed by atoms with Crippen molar-refractivity contribution in [1.29, 1.82) is 0 Å². The summed E-state index contributed by atoms with van der Waals surface area (Å²) in [6.45, 7) is 1.56. The van der Waals surface area contributed by atoms with Crippen LogP contribution in [0.3, 0.4) is 0 Å². The van der Waals surface area contributed by atoms with E-state index in [2.05, 4.69) is 0 Å². The van der Waals surface area contributed by atoms with Gasteiger partial charge in [-0.2, -0.15) is 0 Å². The van der Waals surface area contributed by atoms with Crippen molar-refractivity contribution in [3.8, 4) is 0 Å². The number of carbonyl (C=O) groups is 3. The molecule has 0 radical (unpaired) electrons. The zero-order valence-corrected chi connectivity index (χ0v) is 14.1. The molecular weight excluding hydrogens is 332 g/mol. The van der Waals surface area contributed by atoms with E-state index < -0.39 is 11.9 Å². The third kappa shape index (κ3) is 3.87. The molecule has 2 aliphatic heterocycles. The summed E-state index contributed by atoms with van der Waals surface area (Å²) in [6.07, 6.45) is 2.27. The van der Waals surface area contributed by atoms with Crippen LogP contribution in [0.25, 0.3) is 0 Å². The number of anilines is 1. The van der Waals surface area contributed by atoms with Crippen LogP contribution in [0.1, 0.15) is 24.8 Å². The Hall–Kier alpha value is -2.08. The van der Waals surface area contributed by atoms with E-state index in [9.17, 15) is 14.4 Å². The summed E-state index contributed by atoms with van der Waals surface area (Å²) in [5.74, 6) is -1.17. The third-order valence-corrected chi connectivity index (χ3v) is 4.57. The first-order valence-corrected chi connectivity index (χ1v) is 7.94. The molecule has 7 heteroatoms. The van der Waals surface area contributed by atoms with E-state index in [0.717, 1.165) is 24.2 Å². The van der Waals surface area contributed by atoms with Crippen molar-refractivity contribution in [3.05, 3.63) is 29.8 Å². The van der Waals surface area contributed by atoms with E-state index >= 15 is 0 Å². The molecular formula is C17H21ClN2O4. The second-order valence-electron chi connectivity index (χ2n) is 6.16. The molecule has 0 bridgehead atoms. The van der Waals surface area contributed by atoms with Gasteiger partial charge in [0.2, 0.25) is 11.8 Å². The van der Waals surface area contributed by atoms with Crippen LogP contribution in [-0.2, 0) is 20.8 Å². The Morgan fingerprint density at radius 2 is 1.88 bits per heavy atom. The lowest BCUT2D eigenvalue weighted by molar-refractivity contribution is -0.141. The Kier molecular flexibility index (Phi) is 5.83. The Morgan fingerprint density at radius 3 is 2.42 bits per heavy atom. The molecule has 130 valence electrons. The first-order chi connectivity index (χ1) is 11.0. The zero-order valence-electron chi connectivity index (χ0n) is 13.3. The van der Waals surface area contributed by atoms with Crippen molar-refractivity contribution >= 4 is 35.9 Å². The normalized spacial score (nSPS) is 20.2. The number of aliphatic carboxylic acids is 1. The van der Waals surface area contributed by atoms with Gasteiger partial charge in [-0.1, -0.05) is 12.1 Å². The maximum absolute atomic E-state index is 12.2. The van der Waals surface area contributed by atoms with Crippen molar-refractivity contribution in [2.45, 2.75) is 25.7 Å². The summed E-state index contributed by atoms with van der Waals surface area (Å²) in [5.41, 5.74) is 1.75. The molecule has 0 aliphatic carbocycles. The van der Waals surface area contributed by atoms with E-state index in [1.807, 2.05) is 24.3 Å². The molecule has 2 fully saturated rings. The molecule has 6 nitrogen and oxygen atoms in total. The van der Waals surface area contributed by atoms with Crippen LogP contribution in [0.5, 0.6) is 0 Å². The van der Waals surface area contributed by atoms with Crippen LogP contribution in [0.15, 0.2) is 24.3 Å². The van der Waals surface area contributed by atoms with E-state index in [4.69, 9.17) is 5.11 Å². The average molecular weight is 353 g/mol. The molecule has 3 rings (SSSR count). The van der Waals surface area contributed by atoms with Crippen LogP contribution in [0.2, 0.25) is 0 Å². The molecule has 2 amide bonds. The Labute approximate surface area is 146 Å². The fourth-order valence-corrected chi connectivity index (χ4v) is 3.19. The SMILES string of the molecule is Cl.O=C(O)C1CCN(C(=O)Cc2ccc(N3CCCC3=O)cc2)C1. The lowest BCUT2D eigenvalue weighted by Crippen LogP contribution is -2.31. The number of carboxylic acid groups (broad SMARTS) is 1. The predicted molar refractivity (Wildman–Crippen MR) is 91.3 cm³/mol. The number of benzene rings is 1. The number of carbonyl (C=O) groups excluding carboxylic acids is 2. The zero-order chi connectivity index (χ0) is 16.4. The molecule has 1 atom stereocenters. The molecule has 1 N–H and O–H groups in total. The quantitative estimate of drug-likeness (QED) is 0.894. The van der Waals surface area contributed by atoms with Crippen molar-refractivity contribution in [3.63, 3.8) is 0 Å². The summed E-state index contributed by atoms with van der Waals surface area (Å²) < 4.78 is 0. The topological polar surface area (TPSA) is 77.9 Å². The summed E-state index contributed by atoms with van der Waals surface area (Å²) in [6, 6.07) is 7.47. The molecule has 1 aromatic rings.